The molecule has 3 rings (SSSR count). The number of halogens is 1. The maximum atomic E-state index is 6.02. The molecule has 4 nitrogen and oxygen atoms in total. The van der Waals surface area contributed by atoms with Crippen LogP contribution in [0, 0.1) is 5.92 Å². The molecule has 0 aliphatic carbocycles. The van der Waals surface area contributed by atoms with Crippen LogP contribution in [0.1, 0.15) is 12.2 Å². The Hall–Kier alpha value is -1.26. The predicted octanol–water partition coefficient (Wildman–Crippen LogP) is 2.82. The Bertz CT molecular complexity index is 576. The van der Waals surface area contributed by atoms with Crippen molar-refractivity contribution in [3.05, 3.63) is 24.0 Å². The summed E-state index contributed by atoms with van der Waals surface area (Å²) in [5.41, 5.74) is 2.05. The number of imidazole rings is 1. The average Bonchev–Trinajstić information content (AvgIpc) is 3.07. The van der Waals surface area contributed by atoms with Gasteiger partial charge < -0.3 is 14.0 Å². The summed E-state index contributed by atoms with van der Waals surface area (Å²) in [6.07, 6.45) is 1.10. The summed E-state index contributed by atoms with van der Waals surface area (Å²) in [6, 6.07) is 5.93. The van der Waals surface area contributed by atoms with Crippen LogP contribution in [0.5, 0.6) is 5.75 Å². The Labute approximate surface area is 117 Å². The summed E-state index contributed by atoms with van der Waals surface area (Å²) in [6.45, 7) is 2.59. The van der Waals surface area contributed by atoms with Crippen LogP contribution in [0.15, 0.2) is 18.2 Å². The van der Waals surface area contributed by atoms with Gasteiger partial charge in [0.15, 0.2) is 0 Å². The van der Waals surface area contributed by atoms with Crippen molar-refractivity contribution in [3.8, 4) is 5.75 Å². The number of ether oxygens (including phenoxy) is 2. The van der Waals surface area contributed by atoms with Crippen molar-refractivity contribution in [2.24, 2.45) is 5.92 Å². The van der Waals surface area contributed by atoms with Gasteiger partial charge in [-0.25, -0.2) is 4.98 Å². The molecule has 1 aromatic carbocycles. The van der Waals surface area contributed by atoms with Crippen LogP contribution in [-0.4, -0.2) is 29.9 Å². The minimum absolute atomic E-state index is 0.421. The van der Waals surface area contributed by atoms with Gasteiger partial charge in [0, 0.05) is 25.1 Å². The summed E-state index contributed by atoms with van der Waals surface area (Å²) >= 11 is 6.02. The van der Waals surface area contributed by atoms with Crippen molar-refractivity contribution in [3.63, 3.8) is 0 Å². The lowest BCUT2D eigenvalue weighted by Crippen LogP contribution is -2.12. The summed E-state index contributed by atoms with van der Waals surface area (Å²) in [5.74, 6) is 2.73. The molecule has 1 aliphatic heterocycles. The smallest absolute Gasteiger partial charge is 0.124 e. The molecule has 1 unspecified atom stereocenters. The first-order valence-electron chi connectivity index (χ1n) is 6.48. The summed E-state index contributed by atoms with van der Waals surface area (Å²) in [5, 5.41) is 0. The Morgan fingerprint density at radius 1 is 1.53 bits per heavy atom. The first-order valence-corrected chi connectivity index (χ1v) is 7.02. The summed E-state index contributed by atoms with van der Waals surface area (Å²) in [7, 11) is 1.68. The van der Waals surface area contributed by atoms with Crippen LogP contribution in [0.25, 0.3) is 11.0 Å². The third-order valence-electron chi connectivity index (χ3n) is 3.62. The van der Waals surface area contributed by atoms with Crippen LogP contribution in [0.4, 0.5) is 0 Å². The van der Waals surface area contributed by atoms with Crippen molar-refractivity contribution >= 4 is 22.6 Å². The molecular weight excluding hydrogens is 264 g/mol. The molecule has 0 amide bonds. The fourth-order valence-electron chi connectivity index (χ4n) is 2.57. The van der Waals surface area contributed by atoms with Crippen LogP contribution in [0.2, 0.25) is 0 Å². The van der Waals surface area contributed by atoms with Gasteiger partial charge in [-0.05, 0) is 18.6 Å². The van der Waals surface area contributed by atoms with Crippen LogP contribution in [-0.2, 0) is 17.2 Å². The first-order chi connectivity index (χ1) is 9.31. The zero-order chi connectivity index (χ0) is 13.2. The van der Waals surface area contributed by atoms with E-state index in [9.17, 15) is 0 Å². The van der Waals surface area contributed by atoms with Crippen molar-refractivity contribution in [1.82, 2.24) is 9.55 Å². The Balaban J connectivity index is 2.02. The minimum Gasteiger partial charge on any atom is -0.497 e. The number of hydrogen-bond donors (Lipinski definition) is 0. The van der Waals surface area contributed by atoms with E-state index in [0.717, 1.165) is 48.8 Å². The van der Waals surface area contributed by atoms with Crippen LogP contribution < -0.4 is 4.74 Å². The molecule has 5 heteroatoms. The molecule has 0 radical (unpaired) electrons. The van der Waals surface area contributed by atoms with E-state index in [4.69, 9.17) is 21.1 Å². The van der Waals surface area contributed by atoms with E-state index >= 15 is 0 Å². The molecule has 1 aliphatic rings. The van der Waals surface area contributed by atoms with E-state index in [2.05, 4.69) is 9.55 Å². The zero-order valence-corrected chi connectivity index (χ0v) is 11.7. The third-order valence-corrected chi connectivity index (χ3v) is 3.86. The molecule has 102 valence electrons. The van der Waals surface area contributed by atoms with E-state index in [1.54, 1.807) is 7.11 Å². The molecule has 1 saturated heterocycles. The predicted molar refractivity (Wildman–Crippen MR) is 74.8 cm³/mol. The highest BCUT2D eigenvalue weighted by molar-refractivity contribution is 6.16. The molecule has 0 bridgehead atoms. The number of hydrogen-bond acceptors (Lipinski definition) is 3. The normalized spacial score (nSPS) is 19.2. The molecule has 0 N–H and O–H groups in total. The van der Waals surface area contributed by atoms with Crippen LogP contribution in [0.3, 0.4) is 0 Å². The fourth-order valence-corrected chi connectivity index (χ4v) is 2.77. The SMILES string of the molecule is COc1ccc2nc(CCl)n(CC3CCOC3)c2c1. The van der Waals surface area contributed by atoms with E-state index in [1.807, 2.05) is 18.2 Å². The second-order valence-corrected chi connectivity index (χ2v) is 5.12. The first kappa shape index (κ1) is 12.8. The number of rotatable bonds is 4. The monoisotopic (exact) mass is 280 g/mol. The Kier molecular flexibility index (Phi) is 3.62. The number of fused-ring (bicyclic) bond motifs is 1. The van der Waals surface area contributed by atoms with Gasteiger partial charge in [0.1, 0.15) is 11.6 Å². The molecule has 1 fully saturated rings. The largest absolute Gasteiger partial charge is 0.497 e. The van der Waals surface area contributed by atoms with E-state index in [-0.39, 0.29) is 0 Å². The summed E-state index contributed by atoms with van der Waals surface area (Å²) in [4.78, 5) is 4.58. The van der Waals surface area contributed by atoms with Gasteiger partial charge in [-0.15, -0.1) is 11.6 Å². The van der Waals surface area contributed by atoms with Crippen LogP contribution >= 0.6 is 11.6 Å². The average molecular weight is 281 g/mol. The van der Waals surface area contributed by atoms with Gasteiger partial charge in [-0.3, -0.25) is 0 Å². The molecular formula is C14H17ClN2O2. The maximum absolute atomic E-state index is 6.02. The number of nitrogens with zero attached hydrogens (tertiary/aromatic N) is 2. The second-order valence-electron chi connectivity index (χ2n) is 4.86. The van der Waals surface area contributed by atoms with Crippen molar-refractivity contribution < 1.29 is 9.47 Å². The van der Waals surface area contributed by atoms with Gasteiger partial charge >= 0.3 is 0 Å². The molecule has 19 heavy (non-hydrogen) atoms. The maximum Gasteiger partial charge on any atom is 0.124 e. The highest BCUT2D eigenvalue weighted by atomic mass is 35.5. The van der Waals surface area contributed by atoms with Gasteiger partial charge in [0.2, 0.25) is 0 Å². The highest BCUT2D eigenvalue weighted by Gasteiger charge is 2.19. The summed E-state index contributed by atoms with van der Waals surface area (Å²) < 4.78 is 12.9. The van der Waals surface area contributed by atoms with Gasteiger partial charge in [0.05, 0.1) is 30.6 Å². The lowest BCUT2D eigenvalue weighted by atomic mass is 10.1. The Morgan fingerprint density at radius 2 is 2.42 bits per heavy atom. The van der Waals surface area contributed by atoms with E-state index < -0.39 is 0 Å². The van der Waals surface area contributed by atoms with Gasteiger partial charge in [0.25, 0.3) is 0 Å². The minimum atomic E-state index is 0.421. The van der Waals surface area contributed by atoms with Gasteiger partial charge in [-0.1, -0.05) is 0 Å². The van der Waals surface area contributed by atoms with E-state index in [0.29, 0.717) is 11.8 Å². The van der Waals surface area contributed by atoms with Gasteiger partial charge in [-0.2, -0.15) is 0 Å². The number of aromatic nitrogens is 2. The van der Waals surface area contributed by atoms with Crippen molar-refractivity contribution in [1.29, 1.82) is 0 Å². The number of benzene rings is 1. The molecule has 0 spiro atoms. The zero-order valence-electron chi connectivity index (χ0n) is 10.9. The Morgan fingerprint density at radius 3 is 3.11 bits per heavy atom. The highest BCUT2D eigenvalue weighted by Crippen LogP contribution is 2.25. The molecule has 1 aromatic heterocycles. The van der Waals surface area contributed by atoms with Crippen molar-refractivity contribution in [2.45, 2.75) is 18.8 Å². The number of alkyl halides is 1. The van der Waals surface area contributed by atoms with Crippen molar-refractivity contribution in [2.75, 3.05) is 20.3 Å². The molecule has 2 aromatic rings. The lowest BCUT2D eigenvalue weighted by molar-refractivity contribution is 0.182. The lowest BCUT2D eigenvalue weighted by Gasteiger charge is -2.12. The molecule has 1 atom stereocenters. The second kappa shape index (κ2) is 5.39. The number of methoxy groups -OCH3 is 1. The standard InChI is InChI=1S/C14H17ClN2O2/c1-18-11-2-3-12-13(6-11)17(14(7-15)16-12)8-10-4-5-19-9-10/h2-3,6,10H,4-5,7-9H2,1H3. The fraction of sp³-hybridized carbons (Fsp3) is 0.500. The molecule has 0 saturated carbocycles. The third kappa shape index (κ3) is 2.42. The topological polar surface area (TPSA) is 36.3 Å². The van der Waals surface area contributed by atoms with E-state index in [1.165, 1.54) is 0 Å². The molecule has 2 heterocycles. The quantitative estimate of drug-likeness (QED) is 0.808.